The number of fused-ring (bicyclic) bond motifs is 1. The van der Waals surface area contributed by atoms with Crippen molar-refractivity contribution in [3.8, 4) is 0 Å². The van der Waals surface area contributed by atoms with Crippen LogP contribution in [0.2, 0.25) is 0 Å². The van der Waals surface area contributed by atoms with Gasteiger partial charge in [-0.3, -0.25) is 4.99 Å². The van der Waals surface area contributed by atoms with Gasteiger partial charge in [-0.2, -0.15) is 0 Å². The Balaban J connectivity index is 2.63. The van der Waals surface area contributed by atoms with E-state index in [1.165, 1.54) is 12.1 Å². The van der Waals surface area contributed by atoms with Crippen molar-refractivity contribution >= 4 is 18.0 Å². The van der Waals surface area contributed by atoms with E-state index in [-0.39, 0.29) is 17.7 Å². The molecule has 1 aromatic carbocycles. The first-order chi connectivity index (χ1) is 8.13. The van der Waals surface area contributed by atoms with Crippen molar-refractivity contribution in [2.24, 2.45) is 4.99 Å². The van der Waals surface area contributed by atoms with Crippen LogP contribution >= 0.6 is 0 Å². The number of benzene rings is 1. The summed E-state index contributed by atoms with van der Waals surface area (Å²) in [5.74, 6) is -1.60. The molecule has 1 N–H and O–H groups in total. The lowest BCUT2D eigenvalue weighted by atomic mass is 10.1. The predicted molar refractivity (Wildman–Crippen MR) is 59.5 cm³/mol. The quantitative estimate of drug-likeness (QED) is 0.744. The number of carbonyl (C=O) groups is 2. The van der Waals surface area contributed by atoms with Gasteiger partial charge >= 0.3 is 11.9 Å². The van der Waals surface area contributed by atoms with Crippen LogP contribution in [0.3, 0.4) is 0 Å². The van der Waals surface area contributed by atoms with Gasteiger partial charge in [-0.1, -0.05) is 6.08 Å². The summed E-state index contributed by atoms with van der Waals surface area (Å²) in [5, 5.41) is 10.1. The normalized spacial score (nSPS) is 12.3. The van der Waals surface area contributed by atoms with Gasteiger partial charge in [0.05, 0.1) is 29.6 Å². The van der Waals surface area contributed by atoms with Gasteiger partial charge in [-0.05, 0) is 19.1 Å². The zero-order valence-corrected chi connectivity index (χ0v) is 9.27. The number of nitrogens with zero attached hydrogens (tertiary/aromatic N) is 1. The molecule has 0 radical (unpaired) electrons. The Kier molecular flexibility index (Phi) is 2.91. The summed E-state index contributed by atoms with van der Waals surface area (Å²) in [4.78, 5) is 26.8. The molecule has 1 aliphatic heterocycles. The maximum atomic E-state index is 11.7. The number of hydrogen-bond acceptors (Lipinski definition) is 4. The monoisotopic (exact) mass is 233 g/mol. The minimum Gasteiger partial charge on any atom is -0.478 e. The molecule has 2 rings (SSSR count). The highest BCUT2D eigenvalue weighted by atomic mass is 16.5. The Hall–Kier alpha value is -2.17. The Morgan fingerprint density at radius 1 is 1.47 bits per heavy atom. The van der Waals surface area contributed by atoms with Gasteiger partial charge < -0.3 is 9.84 Å². The van der Waals surface area contributed by atoms with E-state index < -0.39 is 11.9 Å². The molecule has 0 unspecified atom stereocenters. The van der Waals surface area contributed by atoms with Crippen LogP contribution in [-0.2, 0) is 4.74 Å². The predicted octanol–water partition coefficient (Wildman–Crippen LogP) is -0.0248. The first kappa shape index (κ1) is 11.3. The molecule has 17 heavy (non-hydrogen) atoms. The molecule has 5 heteroatoms. The molecule has 5 nitrogen and oxygen atoms in total. The Bertz CT molecular complexity index is 604. The highest BCUT2D eigenvalue weighted by Gasteiger charge is 2.15. The molecular weight excluding hydrogens is 222 g/mol. The van der Waals surface area contributed by atoms with Crippen molar-refractivity contribution in [2.75, 3.05) is 13.2 Å². The summed E-state index contributed by atoms with van der Waals surface area (Å²) in [5.41, 5.74) is 0.314. The molecule has 0 bridgehead atoms. The largest absolute Gasteiger partial charge is 0.478 e. The topological polar surface area (TPSA) is 76.0 Å². The molecule has 0 aromatic heterocycles. The van der Waals surface area contributed by atoms with Crippen molar-refractivity contribution in [1.82, 2.24) is 0 Å². The number of hydrogen-bond donors (Lipinski definition) is 1. The molecule has 88 valence electrons. The Morgan fingerprint density at radius 2 is 2.24 bits per heavy atom. The van der Waals surface area contributed by atoms with Gasteiger partial charge in [-0.25, -0.2) is 9.59 Å². The number of rotatable bonds is 3. The van der Waals surface area contributed by atoms with Gasteiger partial charge in [0.25, 0.3) is 0 Å². The van der Waals surface area contributed by atoms with Crippen LogP contribution in [0.25, 0.3) is 6.08 Å². The molecule has 0 atom stereocenters. The molecule has 1 aromatic rings. The first-order valence-corrected chi connectivity index (χ1v) is 5.22. The van der Waals surface area contributed by atoms with Crippen LogP contribution < -0.4 is 10.6 Å². The van der Waals surface area contributed by atoms with E-state index in [0.29, 0.717) is 17.1 Å². The Morgan fingerprint density at radius 3 is 2.88 bits per heavy atom. The molecule has 0 aliphatic carbocycles. The van der Waals surface area contributed by atoms with Gasteiger partial charge in [0, 0.05) is 5.22 Å². The molecule has 0 amide bonds. The van der Waals surface area contributed by atoms with E-state index in [0.717, 1.165) is 0 Å². The fourth-order valence-corrected chi connectivity index (χ4v) is 1.72. The molecule has 0 saturated heterocycles. The van der Waals surface area contributed by atoms with E-state index >= 15 is 0 Å². The average molecular weight is 233 g/mol. The molecule has 0 spiro atoms. The summed E-state index contributed by atoms with van der Waals surface area (Å²) in [6.45, 7) is 2.42. The summed E-state index contributed by atoms with van der Waals surface area (Å²) < 4.78 is 4.89. The summed E-state index contributed by atoms with van der Waals surface area (Å²) in [6, 6.07) is 2.79. The highest BCUT2D eigenvalue weighted by Crippen LogP contribution is 2.02. The minimum atomic E-state index is -1.08. The van der Waals surface area contributed by atoms with E-state index in [2.05, 4.69) is 4.99 Å². The van der Waals surface area contributed by atoms with Gasteiger partial charge in [0.15, 0.2) is 0 Å². The number of carboxylic acids is 1. The van der Waals surface area contributed by atoms with Crippen molar-refractivity contribution in [1.29, 1.82) is 0 Å². The van der Waals surface area contributed by atoms with E-state index in [1.54, 1.807) is 13.0 Å². The minimum absolute atomic E-state index is 0.0471. The molecule has 1 aliphatic rings. The Labute approximate surface area is 97.1 Å². The van der Waals surface area contributed by atoms with Crippen LogP contribution in [0.1, 0.15) is 27.6 Å². The summed E-state index contributed by atoms with van der Waals surface area (Å²) in [7, 11) is 0. The zero-order chi connectivity index (χ0) is 12.4. The molecular formula is C12H11NO4. The smallest absolute Gasteiger partial charge is 0.338 e. The van der Waals surface area contributed by atoms with Gasteiger partial charge in [0.2, 0.25) is 0 Å². The maximum absolute atomic E-state index is 11.7. The van der Waals surface area contributed by atoms with E-state index in [1.807, 2.05) is 0 Å². The number of carbonyl (C=O) groups excluding carboxylic acids is 1. The van der Waals surface area contributed by atoms with Crippen molar-refractivity contribution < 1.29 is 19.4 Å². The van der Waals surface area contributed by atoms with Crippen LogP contribution in [0.15, 0.2) is 17.1 Å². The molecule has 0 saturated carbocycles. The highest BCUT2D eigenvalue weighted by molar-refractivity contribution is 5.95. The molecule has 0 fully saturated rings. The lowest BCUT2D eigenvalue weighted by Gasteiger charge is -2.03. The van der Waals surface area contributed by atoms with Gasteiger partial charge in [-0.15, -0.1) is 0 Å². The second-order valence-corrected chi connectivity index (χ2v) is 3.53. The van der Waals surface area contributed by atoms with Crippen molar-refractivity contribution in [3.05, 3.63) is 33.8 Å². The lowest BCUT2D eigenvalue weighted by Crippen LogP contribution is -2.30. The standard InChI is InChI=1S/C12H11NO4/c1-2-17-12(16)9-5-7(11(14)15)6-10-8(9)3-4-13-10/h3,5-6H,2,4H2,1H3,(H,14,15). The second-order valence-electron chi connectivity index (χ2n) is 3.53. The summed E-state index contributed by atoms with van der Waals surface area (Å²) in [6.07, 6.45) is 1.78. The second kappa shape index (κ2) is 4.37. The van der Waals surface area contributed by atoms with E-state index in [9.17, 15) is 9.59 Å². The van der Waals surface area contributed by atoms with E-state index in [4.69, 9.17) is 9.84 Å². The maximum Gasteiger partial charge on any atom is 0.338 e. The third kappa shape index (κ3) is 2.04. The van der Waals surface area contributed by atoms with Crippen LogP contribution in [0, 0.1) is 0 Å². The molecule has 1 heterocycles. The SMILES string of the molecule is CCOC(=O)c1cc(C(=O)O)cc2c1=CCN=2. The average Bonchev–Trinajstić information content (AvgIpc) is 2.75. The zero-order valence-electron chi connectivity index (χ0n) is 9.27. The fraction of sp³-hybridized carbons (Fsp3) is 0.250. The number of aromatic carboxylic acids is 1. The summed E-state index contributed by atoms with van der Waals surface area (Å²) >= 11 is 0. The van der Waals surface area contributed by atoms with Crippen molar-refractivity contribution in [3.63, 3.8) is 0 Å². The van der Waals surface area contributed by atoms with Crippen LogP contribution in [-0.4, -0.2) is 30.2 Å². The third-order valence-corrected chi connectivity index (χ3v) is 2.46. The van der Waals surface area contributed by atoms with Crippen LogP contribution in [0.5, 0.6) is 0 Å². The number of esters is 1. The number of carboxylic acid groups (broad SMARTS) is 1. The lowest BCUT2D eigenvalue weighted by molar-refractivity contribution is 0.0525. The van der Waals surface area contributed by atoms with Crippen molar-refractivity contribution in [2.45, 2.75) is 6.92 Å². The third-order valence-electron chi connectivity index (χ3n) is 2.46. The van der Waals surface area contributed by atoms with Gasteiger partial charge in [0.1, 0.15) is 0 Å². The van der Waals surface area contributed by atoms with Crippen LogP contribution in [0.4, 0.5) is 0 Å². The number of ether oxygens (including phenoxy) is 1. The fourth-order valence-electron chi connectivity index (χ4n) is 1.72. The first-order valence-electron chi connectivity index (χ1n) is 5.22.